The summed E-state index contributed by atoms with van der Waals surface area (Å²) in [5, 5.41) is 0. The maximum absolute atomic E-state index is 12.5. The minimum Gasteiger partial charge on any atom is -0.493 e. The molecule has 0 spiro atoms. The molecule has 0 fully saturated rings. The number of furan rings is 1. The van der Waals surface area contributed by atoms with Crippen LogP contribution in [0.3, 0.4) is 0 Å². The van der Waals surface area contributed by atoms with E-state index in [4.69, 9.17) is 9.15 Å². The number of ether oxygens (including phenoxy) is 1. The molecular formula is C18H16N2O4S. The number of pyridine rings is 1. The fraction of sp³-hybridized carbons (Fsp3) is 0.167. The van der Waals surface area contributed by atoms with Crippen molar-refractivity contribution in [3.8, 4) is 17.0 Å². The Morgan fingerprint density at radius 3 is 2.84 bits per heavy atom. The van der Waals surface area contributed by atoms with Gasteiger partial charge in [0, 0.05) is 24.7 Å². The van der Waals surface area contributed by atoms with Crippen LogP contribution in [0.15, 0.2) is 64.4 Å². The first-order valence-electron chi connectivity index (χ1n) is 7.85. The van der Waals surface area contributed by atoms with E-state index in [9.17, 15) is 8.42 Å². The van der Waals surface area contributed by atoms with Gasteiger partial charge in [0.25, 0.3) is 0 Å². The molecule has 0 amide bonds. The average Bonchev–Trinajstić information content (AvgIpc) is 3.31. The highest BCUT2D eigenvalue weighted by Crippen LogP contribution is 2.27. The Kier molecular flexibility index (Phi) is 4.03. The van der Waals surface area contributed by atoms with Crippen molar-refractivity contribution >= 4 is 10.0 Å². The molecule has 0 radical (unpaired) electrons. The van der Waals surface area contributed by atoms with Crippen molar-refractivity contribution in [3.05, 3.63) is 66.2 Å². The van der Waals surface area contributed by atoms with Crippen molar-refractivity contribution < 1.29 is 17.6 Å². The van der Waals surface area contributed by atoms with Crippen molar-refractivity contribution in [1.29, 1.82) is 0 Å². The van der Waals surface area contributed by atoms with Crippen LogP contribution in [-0.2, 0) is 23.0 Å². The third-order valence-corrected chi connectivity index (χ3v) is 5.48. The minimum atomic E-state index is -3.58. The number of sulfonamides is 1. The molecule has 0 unspecified atom stereocenters. The summed E-state index contributed by atoms with van der Waals surface area (Å²) in [6.45, 7) is 0.773. The summed E-state index contributed by atoms with van der Waals surface area (Å²) in [6, 6.07) is 10.4. The molecule has 7 heteroatoms. The van der Waals surface area contributed by atoms with Crippen LogP contribution >= 0.6 is 0 Å². The summed E-state index contributed by atoms with van der Waals surface area (Å²) in [5.41, 5.74) is 3.36. The maximum Gasteiger partial charge on any atom is 0.240 e. The predicted octanol–water partition coefficient (Wildman–Crippen LogP) is 2.76. The lowest BCUT2D eigenvalue weighted by Crippen LogP contribution is -2.23. The van der Waals surface area contributed by atoms with Crippen LogP contribution in [0.5, 0.6) is 5.75 Å². The van der Waals surface area contributed by atoms with Crippen LogP contribution in [0.1, 0.15) is 11.1 Å². The molecule has 0 saturated carbocycles. The average molecular weight is 356 g/mol. The molecule has 0 aliphatic carbocycles. The SMILES string of the molecule is O=S(=O)(NCc1ccc(-c2ccoc2)nc1)c1ccc2c(c1)CCO2. The standard InChI is InChI=1S/C18H16N2O4S/c21-25(22,16-2-4-18-14(9-16)6-8-24-18)20-11-13-1-3-17(19-10-13)15-5-7-23-12-15/h1-5,7,9-10,12,20H,6,8,11H2. The number of nitrogens with zero attached hydrogens (tertiary/aromatic N) is 1. The van der Waals surface area contributed by atoms with Crippen LogP contribution in [0.4, 0.5) is 0 Å². The molecule has 3 heterocycles. The lowest BCUT2D eigenvalue weighted by Gasteiger charge is -2.08. The number of benzene rings is 1. The second-order valence-electron chi connectivity index (χ2n) is 5.76. The van der Waals surface area contributed by atoms with Crippen LogP contribution in [-0.4, -0.2) is 20.0 Å². The summed E-state index contributed by atoms with van der Waals surface area (Å²) in [6.07, 6.45) is 5.59. The zero-order valence-corrected chi connectivity index (χ0v) is 14.1. The van der Waals surface area contributed by atoms with Crippen molar-refractivity contribution in [3.63, 3.8) is 0 Å². The van der Waals surface area contributed by atoms with Gasteiger partial charge < -0.3 is 9.15 Å². The molecule has 25 heavy (non-hydrogen) atoms. The van der Waals surface area contributed by atoms with Crippen LogP contribution < -0.4 is 9.46 Å². The highest BCUT2D eigenvalue weighted by molar-refractivity contribution is 7.89. The Bertz CT molecular complexity index is 980. The van der Waals surface area contributed by atoms with E-state index in [0.717, 1.165) is 34.6 Å². The molecular weight excluding hydrogens is 340 g/mol. The van der Waals surface area contributed by atoms with E-state index in [0.29, 0.717) is 6.61 Å². The van der Waals surface area contributed by atoms with Crippen LogP contribution in [0.2, 0.25) is 0 Å². The molecule has 3 aromatic rings. The molecule has 0 bridgehead atoms. The number of aromatic nitrogens is 1. The molecule has 1 N–H and O–H groups in total. The van der Waals surface area contributed by atoms with E-state index in [2.05, 4.69) is 9.71 Å². The second-order valence-corrected chi connectivity index (χ2v) is 7.52. The lowest BCUT2D eigenvalue weighted by molar-refractivity contribution is 0.356. The Hall–Kier alpha value is -2.64. The fourth-order valence-electron chi connectivity index (χ4n) is 2.70. The quantitative estimate of drug-likeness (QED) is 0.760. The molecule has 2 aromatic heterocycles. The van der Waals surface area contributed by atoms with E-state index >= 15 is 0 Å². The first-order chi connectivity index (χ1) is 12.1. The van der Waals surface area contributed by atoms with E-state index in [1.165, 1.54) is 0 Å². The van der Waals surface area contributed by atoms with Crippen molar-refractivity contribution in [2.45, 2.75) is 17.9 Å². The minimum absolute atomic E-state index is 0.175. The number of nitrogens with one attached hydrogen (secondary N) is 1. The van der Waals surface area contributed by atoms with Gasteiger partial charge in [0.15, 0.2) is 0 Å². The Balaban J connectivity index is 1.47. The van der Waals surface area contributed by atoms with Crippen LogP contribution in [0, 0.1) is 0 Å². The van der Waals surface area contributed by atoms with Crippen molar-refractivity contribution in [2.24, 2.45) is 0 Å². The second kappa shape index (κ2) is 6.34. The number of rotatable bonds is 5. The monoisotopic (exact) mass is 356 g/mol. The Labute approximate surface area is 145 Å². The predicted molar refractivity (Wildman–Crippen MR) is 91.6 cm³/mol. The van der Waals surface area contributed by atoms with E-state index < -0.39 is 10.0 Å². The molecule has 1 aliphatic heterocycles. The summed E-state index contributed by atoms with van der Waals surface area (Å²) >= 11 is 0. The smallest absolute Gasteiger partial charge is 0.240 e. The van der Waals surface area contributed by atoms with E-state index in [-0.39, 0.29) is 11.4 Å². The topological polar surface area (TPSA) is 81.4 Å². The number of hydrogen-bond donors (Lipinski definition) is 1. The van der Waals surface area contributed by atoms with Gasteiger partial charge in [-0.2, -0.15) is 0 Å². The third-order valence-electron chi connectivity index (χ3n) is 4.08. The summed E-state index contributed by atoms with van der Waals surface area (Å²) in [5.74, 6) is 0.762. The molecule has 0 atom stereocenters. The maximum atomic E-state index is 12.5. The van der Waals surface area contributed by atoms with Gasteiger partial charge in [-0.25, -0.2) is 13.1 Å². The first kappa shape index (κ1) is 15.9. The van der Waals surface area contributed by atoms with Gasteiger partial charge in [-0.15, -0.1) is 0 Å². The van der Waals surface area contributed by atoms with Gasteiger partial charge in [-0.05, 0) is 41.5 Å². The first-order valence-corrected chi connectivity index (χ1v) is 9.33. The van der Waals surface area contributed by atoms with E-state index in [1.54, 1.807) is 36.9 Å². The highest BCUT2D eigenvalue weighted by Gasteiger charge is 2.19. The van der Waals surface area contributed by atoms with Gasteiger partial charge in [0.1, 0.15) is 5.75 Å². The molecule has 1 aromatic carbocycles. The highest BCUT2D eigenvalue weighted by atomic mass is 32.2. The molecule has 4 rings (SSSR count). The Morgan fingerprint density at radius 1 is 1.16 bits per heavy atom. The summed E-state index contributed by atoms with van der Waals surface area (Å²) in [7, 11) is -3.58. The number of hydrogen-bond acceptors (Lipinski definition) is 5. The van der Waals surface area contributed by atoms with Gasteiger partial charge in [-0.3, -0.25) is 4.98 Å². The number of fused-ring (bicyclic) bond motifs is 1. The van der Waals surface area contributed by atoms with E-state index in [1.807, 2.05) is 18.2 Å². The zero-order chi connectivity index (χ0) is 17.3. The fourth-order valence-corrected chi connectivity index (χ4v) is 3.77. The largest absolute Gasteiger partial charge is 0.493 e. The summed E-state index contributed by atoms with van der Waals surface area (Å²) < 4.78 is 38.0. The Morgan fingerprint density at radius 2 is 2.08 bits per heavy atom. The van der Waals surface area contributed by atoms with Crippen LogP contribution in [0.25, 0.3) is 11.3 Å². The van der Waals surface area contributed by atoms with Gasteiger partial charge in [0.2, 0.25) is 10.0 Å². The van der Waals surface area contributed by atoms with Crippen molar-refractivity contribution in [1.82, 2.24) is 9.71 Å². The zero-order valence-electron chi connectivity index (χ0n) is 13.3. The van der Waals surface area contributed by atoms with Crippen molar-refractivity contribution in [2.75, 3.05) is 6.61 Å². The molecule has 1 aliphatic rings. The third kappa shape index (κ3) is 3.29. The van der Waals surface area contributed by atoms with Gasteiger partial charge in [0.05, 0.1) is 29.7 Å². The summed E-state index contributed by atoms with van der Waals surface area (Å²) in [4.78, 5) is 4.58. The van der Waals surface area contributed by atoms with Gasteiger partial charge in [-0.1, -0.05) is 6.07 Å². The molecule has 0 saturated heterocycles. The molecule has 128 valence electrons. The van der Waals surface area contributed by atoms with Gasteiger partial charge >= 0.3 is 0 Å². The molecule has 6 nitrogen and oxygen atoms in total. The lowest BCUT2D eigenvalue weighted by atomic mass is 10.2. The normalized spacial score (nSPS) is 13.4.